The number of nitrogens with zero attached hydrogens (tertiary/aromatic N) is 1. The second-order valence-corrected chi connectivity index (χ2v) is 4.44. The molecule has 1 aromatic carbocycles. The SMILES string of the molecule is COCCn1cc(C=O)c2cc(Cl)cc(C)c21. The van der Waals surface area contributed by atoms with Crippen molar-refractivity contribution in [3.63, 3.8) is 0 Å². The van der Waals surface area contributed by atoms with Crippen LogP contribution < -0.4 is 0 Å². The molecule has 0 bridgehead atoms. The average Bonchev–Trinajstić information content (AvgIpc) is 2.64. The lowest BCUT2D eigenvalue weighted by molar-refractivity contribution is 0.112. The van der Waals surface area contributed by atoms with Gasteiger partial charge in [-0.1, -0.05) is 11.6 Å². The van der Waals surface area contributed by atoms with Gasteiger partial charge in [0, 0.05) is 35.8 Å². The molecule has 0 radical (unpaired) electrons. The van der Waals surface area contributed by atoms with E-state index in [2.05, 4.69) is 0 Å². The molecule has 1 heterocycles. The third-order valence-electron chi connectivity index (χ3n) is 2.82. The molecule has 3 nitrogen and oxygen atoms in total. The predicted octanol–water partition coefficient (Wildman–Crippen LogP) is 3.06. The van der Waals surface area contributed by atoms with Crippen LogP contribution in [0.25, 0.3) is 10.9 Å². The summed E-state index contributed by atoms with van der Waals surface area (Å²) < 4.78 is 7.10. The molecule has 0 spiro atoms. The van der Waals surface area contributed by atoms with Crippen molar-refractivity contribution in [1.82, 2.24) is 4.57 Å². The first-order valence-electron chi connectivity index (χ1n) is 5.40. The normalized spacial score (nSPS) is 11.0. The topological polar surface area (TPSA) is 31.2 Å². The van der Waals surface area contributed by atoms with Crippen molar-refractivity contribution in [2.24, 2.45) is 0 Å². The molecular weight excluding hydrogens is 238 g/mol. The van der Waals surface area contributed by atoms with Crippen LogP contribution in [0.1, 0.15) is 15.9 Å². The summed E-state index contributed by atoms with van der Waals surface area (Å²) in [5.74, 6) is 0. The Kier molecular flexibility index (Phi) is 3.50. The number of aryl methyl sites for hydroxylation is 1. The Morgan fingerprint density at radius 1 is 1.47 bits per heavy atom. The lowest BCUT2D eigenvalue weighted by Crippen LogP contribution is -2.03. The number of carbonyl (C=O) groups is 1. The second kappa shape index (κ2) is 4.90. The van der Waals surface area contributed by atoms with Gasteiger partial charge in [0.1, 0.15) is 0 Å². The minimum Gasteiger partial charge on any atom is -0.383 e. The summed E-state index contributed by atoms with van der Waals surface area (Å²) in [6, 6.07) is 3.73. The fourth-order valence-electron chi connectivity index (χ4n) is 2.10. The van der Waals surface area contributed by atoms with Gasteiger partial charge in [0.2, 0.25) is 0 Å². The summed E-state index contributed by atoms with van der Waals surface area (Å²) in [5.41, 5.74) is 2.78. The molecule has 0 fully saturated rings. The number of ether oxygens (including phenoxy) is 1. The van der Waals surface area contributed by atoms with Crippen molar-refractivity contribution in [2.45, 2.75) is 13.5 Å². The predicted molar refractivity (Wildman–Crippen MR) is 68.9 cm³/mol. The van der Waals surface area contributed by atoms with Crippen LogP contribution in [-0.4, -0.2) is 24.6 Å². The van der Waals surface area contributed by atoms with Gasteiger partial charge in [-0.2, -0.15) is 0 Å². The van der Waals surface area contributed by atoms with Crippen LogP contribution in [0.3, 0.4) is 0 Å². The van der Waals surface area contributed by atoms with E-state index < -0.39 is 0 Å². The summed E-state index contributed by atoms with van der Waals surface area (Å²) in [6.45, 7) is 3.33. The number of fused-ring (bicyclic) bond motifs is 1. The Balaban J connectivity index is 2.64. The molecule has 0 saturated heterocycles. The van der Waals surface area contributed by atoms with E-state index in [0.717, 1.165) is 29.3 Å². The van der Waals surface area contributed by atoms with Crippen molar-refractivity contribution in [3.05, 3.63) is 34.5 Å². The highest BCUT2D eigenvalue weighted by molar-refractivity contribution is 6.31. The smallest absolute Gasteiger partial charge is 0.152 e. The van der Waals surface area contributed by atoms with E-state index in [1.165, 1.54) is 0 Å². The minimum atomic E-state index is 0.615. The van der Waals surface area contributed by atoms with E-state index in [9.17, 15) is 4.79 Å². The van der Waals surface area contributed by atoms with Crippen molar-refractivity contribution in [1.29, 1.82) is 0 Å². The Morgan fingerprint density at radius 2 is 2.24 bits per heavy atom. The molecule has 0 aliphatic carbocycles. The minimum absolute atomic E-state index is 0.615. The number of hydrogen-bond donors (Lipinski definition) is 0. The highest BCUT2D eigenvalue weighted by Crippen LogP contribution is 2.27. The molecule has 90 valence electrons. The molecule has 0 unspecified atom stereocenters. The van der Waals surface area contributed by atoms with Gasteiger partial charge in [-0.25, -0.2) is 0 Å². The number of aromatic nitrogens is 1. The molecule has 0 saturated carbocycles. The lowest BCUT2D eigenvalue weighted by Gasteiger charge is -2.07. The van der Waals surface area contributed by atoms with Crippen molar-refractivity contribution >= 4 is 28.8 Å². The largest absolute Gasteiger partial charge is 0.383 e. The van der Waals surface area contributed by atoms with Crippen LogP contribution in [0.2, 0.25) is 5.02 Å². The van der Waals surface area contributed by atoms with Crippen molar-refractivity contribution in [2.75, 3.05) is 13.7 Å². The van der Waals surface area contributed by atoms with Gasteiger partial charge in [-0.15, -0.1) is 0 Å². The van der Waals surface area contributed by atoms with Crippen LogP contribution in [-0.2, 0) is 11.3 Å². The summed E-state index contributed by atoms with van der Waals surface area (Å²) in [6.07, 6.45) is 2.71. The maximum Gasteiger partial charge on any atom is 0.152 e. The molecule has 1 aromatic heterocycles. The van der Waals surface area contributed by atoms with E-state index in [1.807, 2.05) is 29.8 Å². The van der Waals surface area contributed by atoms with Gasteiger partial charge < -0.3 is 9.30 Å². The maximum absolute atomic E-state index is 11.0. The van der Waals surface area contributed by atoms with Gasteiger partial charge in [0.25, 0.3) is 0 Å². The number of halogens is 1. The third-order valence-corrected chi connectivity index (χ3v) is 3.04. The Bertz CT molecular complexity index is 560. The quantitative estimate of drug-likeness (QED) is 0.782. The van der Waals surface area contributed by atoms with Crippen molar-refractivity contribution < 1.29 is 9.53 Å². The zero-order valence-corrected chi connectivity index (χ0v) is 10.6. The zero-order valence-electron chi connectivity index (χ0n) is 9.87. The van der Waals surface area contributed by atoms with E-state index in [1.54, 1.807) is 7.11 Å². The van der Waals surface area contributed by atoms with E-state index in [-0.39, 0.29) is 0 Å². The highest BCUT2D eigenvalue weighted by Gasteiger charge is 2.11. The van der Waals surface area contributed by atoms with Crippen LogP contribution >= 0.6 is 11.6 Å². The molecule has 4 heteroatoms. The molecular formula is C13H14ClNO2. The zero-order chi connectivity index (χ0) is 12.4. The number of rotatable bonds is 4. The van der Waals surface area contributed by atoms with Crippen LogP contribution in [0.15, 0.2) is 18.3 Å². The number of methoxy groups -OCH3 is 1. The first-order valence-corrected chi connectivity index (χ1v) is 5.78. The Morgan fingerprint density at radius 3 is 2.88 bits per heavy atom. The number of aldehydes is 1. The summed E-state index contributed by atoms with van der Waals surface area (Å²) in [5, 5.41) is 1.56. The fourth-order valence-corrected chi connectivity index (χ4v) is 2.37. The molecule has 0 N–H and O–H groups in total. The first kappa shape index (κ1) is 12.1. The van der Waals surface area contributed by atoms with Crippen LogP contribution in [0.5, 0.6) is 0 Å². The molecule has 0 atom stereocenters. The molecule has 2 rings (SSSR count). The van der Waals surface area contributed by atoms with E-state index in [4.69, 9.17) is 16.3 Å². The van der Waals surface area contributed by atoms with Gasteiger partial charge in [-0.05, 0) is 24.6 Å². The molecule has 2 aromatic rings. The van der Waals surface area contributed by atoms with Crippen molar-refractivity contribution in [3.8, 4) is 0 Å². The molecule has 17 heavy (non-hydrogen) atoms. The Hall–Kier alpha value is -1.32. The van der Waals surface area contributed by atoms with Crippen LogP contribution in [0, 0.1) is 6.92 Å². The summed E-state index contributed by atoms with van der Waals surface area (Å²) in [7, 11) is 1.66. The van der Waals surface area contributed by atoms with E-state index >= 15 is 0 Å². The Labute approximate surface area is 105 Å². The van der Waals surface area contributed by atoms with Gasteiger partial charge in [0.05, 0.1) is 12.1 Å². The highest BCUT2D eigenvalue weighted by atomic mass is 35.5. The summed E-state index contributed by atoms with van der Waals surface area (Å²) in [4.78, 5) is 11.0. The maximum atomic E-state index is 11.0. The van der Waals surface area contributed by atoms with Gasteiger partial charge >= 0.3 is 0 Å². The lowest BCUT2D eigenvalue weighted by atomic mass is 10.1. The molecule has 0 amide bonds. The van der Waals surface area contributed by atoms with E-state index in [0.29, 0.717) is 17.2 Å². The fraction of sp³-hybridized carbons (Fsp3) is 0.308. The number of hydrogen-bond acceptors (Lipinski definition) is 2. The first-order chi connectivity index (χ1) is 8.17. The third kappa shape index (κ3) is 2.21. The standard InChI is InChI=1S/C13H14ClNO2/c1-9-5-11(14)6-12-10(8-16)7-15(13(9)12)3-4-17-2/h5-8H,3-4H2,1-2H3. The van der Waals surface area contributed by atoms with Gasteiger partial charge in [-0.3, -0.25) is 4.79 Å². The number of benzene rings is 1. The average molecular weight is 252 g/mol. The molecule has 0 aliphatic rings. The van der Waals surface area contributed by atoms with Crippen LogP contribution in [0.4, 0.5) is 0 Å². The van der Waals surface area contributed by atoms with Gasteiger partial charge in [0.15, 0.2) is 6.29 Å². The molecule has 0 aliphatic heterocycles. The summed E-state index contributed by atoms with van der Waals surface area (Å²) >= 11 is 6.02. The monoisotopic (exact) mass is 251 g/mol. The number of carbonyl (C=O) groups excluding carboxylic acids is 1. The second-order valence-electron chi connectivity index (χ2n) is 4.01.